The van der Waals surface area contributed by atoms with E-state index >= 15 is 0 Å². The zero-order chi connectivity index (χ0) is 25.5. The van der Waals surface area contributed by atoms with E-state index in [9.17, 15) is 19.3 Å². The molecule has 0 saturated carbocycles. The number of halogens is 1. The summed E-state index contributed by atoms with van der Waals surface area (Å²) in [6.45, 7) is 2.61. The Morgan fingerprint density at radius 2 is 1.97 bits per heavy atom. The number of anilines is 1. The second-order valence-corrected chi connectivity index (χ2v) is 9.00. The van der Waals surface area contributed by atoms with Crippen molar-refractivity contribution in [2.75, 3.05) is 19.0 Å². The van der Waals surface area contributed by atoms with Crippen LogP contribution in [0.15, 0.2) is 47.6 Å². The van der Waals surface area contributed by atoms with E-state index in [0.717, 1.165) is 34.6 Å². The van der Waals surface area contributed by atoms with Gasteiger partial charge in [0.05, 0.1) is 19.1 Å². The van der Waals surface area contributed by atoms with E-state index in [2.05, 4.69) is 22.7 Å². The number of methoxy groups -OCH3 is 1. The van der Waals surface area contributed by atoms with Gasteiger partial charge in [-0.15, -0.1) is 4.91 Å². The standard InChI is InChI=1S/C24H28BClN4O5/c1-4-5-17-8-11-19(12-20(17)35-3)27-22-25(13-16-6-9-18(26)10-7-16)23(32)30(24(33)28-22)14-15(2)21(31)29-34/h6-12,15,22,27H,4-5,13-14H2,1-3H3,(H,28,33)/t15-,22?/m0/s1. The molecule has 4 amide bonds. The van der Waals surface area contributed by atoms with Crippen molar-refractivity contribution in [2.24, 2.45) is 11.1 Å². The normalized spacial score (nSPS) is 16.5. The van der Waals surface area contributed by atoms with E-state index in [4.69, 9.17) is 16.3 Å². The summed E-state index contributed by atoms with van der Waals surface area (Å²) in [5, 5.41) is 9.07. The molecule has 0 aliphatic carbocycles. The Kier molecular flexibility index (Phi) is 8.87. The Balaban J connectivity index is 1.89. The Bertz CT molecular complexity index is 1100. The van der Waals surface area contributed by atoms with Gasteiger partial charge in [-0.2, -0.15) is 0 Å². The zero-order valence-electron chi connectivity index (χ0n) is 19.9. The molecule has 0 spiro atoms. The lowest BCUT2D eigenvalue weighted by molar-refractivity contribution is -0.121. The van der Waals surface area contributed by atoms with Gasteiger partial charge < -0.3 is 15.4 Å². The number of urea groups is 1. The number of rotatable bonds is 10. The maximum atomic E-state index is 13.5. The zero-order valence-corrected chi connectivity index (χ0v) is 20.7. The summed E-state index contributed by atoms with van der Waals surface area (Å²) in [4.78, 5) is 49.6. The van der Waals surface area contributed by atoms with Crippen LogP contribution < -0.4 is 15.4 Å². The molecule has 184 valence electrons. The maximum absolute atomic E-state index is 13.5. The summed E-state index contributed by atoms with van der Waals surface area (Å²) >= 11 is 6.00. The van der Waals surface area contributed by atoms with Crippen molar-refractivity contribution in [1.29, 1.82) is 0 Å². The van der Waals surface area contributed by atoms with Crippen LogP contribution in [0.2, 0.25) is 5.02 Å². The summed E-state index contributed by atoms with van der Waals surface area (Å²) in [7, 11) is 1.60. The molecule has 1 aliphatic rings. The van der Waals surface area contributed by atoms with Crippen LogP contribution in [-0.4, -0.2) is 49.1 Å². The molecular formula is C24H28BClN4O5. The molecule has 3 rings (SSSR count). The predicted molar refractivity (Wildman–Crippen MR) is 136 cm³/mol. The third-order valence-corrected chi connectivity index (χ3v) is 6.23. The number of ether oxygens (including phenoxy) is 1. The van der Waals surface area contributed by atoms with Gasteiger partial charge in [0, 0.05) is 28.5 Å². The molecule has 1 saturated heterocycles. The highest BCUT2D eigenvalue weighted by molar-refractivity contribution is 6.91. The number of hydrogen-bond donors (Lipinski definition) is 2. The highest BCUT2D eigenvalue weighted by atomic mass is 35.5. The smallest absolute Gasteiger partial charge is 0.324 e. The first-order valence-electron chi connectivity index (χ1n) is 11.4. The van der Waals surface area contributed by atoms with E-state index in [1.807, 2.05) is 30.3 Å². The molecule has 35 heavy (non-hydrogen) atoms. The fraction of sp³-hybridized carbons (Fsp3) is 0.375. The minimum atomic E-state index is -0.917. The van der Waals surface area contributed by atoms with Gasteiger partial charge in [0.15, 0.2) is 5.81 Å². The molecule has 1 unspecified atom stereocenters. The number of benzene rings is 2. The minimum Gasteiger partial charge on any atom is -0.496 e. The molecule has 11 heteroatoms. The van der Waals surface area contributed by atoms with Crippen molar-refractivity contribution < 1.29 is 19.1 Å². The average molecular weight is 499 g/mol. The first-order valence-corrected chi connectivity index (χ1v) is 11.8. The largest absolute Gasteiger partial charge is 0.496 e. The highest BCUT2D eigenvalue weighted by Gasteiger charge is 2.45. The third-order valence-electron chi connectivity index (χ3n) is 5.98. The quantitative estimate of drug-likeness (QED) is 0.368. The number of imide groups is 1. The van der Waals surface area contributed by atoms with Crippen molar-refractivity contribution in [3.63, 3.8) is 0 Å². The van der Waals surface area contributed by atoms with Crippen molar-refractivity contribution in [1.82, 2.24) is 10.2 Å². The van der Waals surface area contributed by atoms with Crippen LogP contribution in [0.1, 0.15) is 31.4 Å². The van der Waals surface area contributed by atoms with E-state index < -0.39 is 36.4 Å². The molecule has 0 radical (unpaired) electrons. The summed E-state index contributed by atoms with van der Waals surface area (Å²) < 4.78 is 5.52. The molecule has 2 aromatic rings. The van der Waals surface area contributed by atoms with Crippen LogP contribution in [-0.2, 0) is 17.5 Å². The van der Waals surface area contributed by atoms with Crippen LogP contribution in [0, 0.1) is 10.8 Å². The molecule has 9 nitrogen and oxygen atoms in total. The van der Waals surface area contributed by atoms with Gasteiger partial charge in [0.2, 0.25) is 0 Å². The molecule has 1 aliphatic heterocycles. The molecule has 0 bridgehead atoms. The van der Waals surface area contributed by atoms with Crippen LogP contribution in [0.25, 0.3) is 0 Å². The van der Waals surface area contributed by atoms with E-state index in [1.165, 1.54) is 6.92 Å². The monoisotopic (exact) mass is 498 g/mol. The van der Waals surface area contributed by atoms with Gasteiger partial charge in [0.1, 0.15) is 5.75 Å². The number of nitrogens with zero attached hydrogens (tertiary/aromatic N) is 2. The van der Waals surface area contributed by atoms with E-state index in [0.29, 0.717) is 17.0 Å². The van der Waals surface area contributed by atoms with Crippen LogP contribution in [0.3, 0.4) is 0 Å². The predicted octanol–water partition coefficient (Wildman–Crippen LogP) is 4.51. The minimum absolute atomic E-state index is 0.237. The number of aryl methyl sites for hydroxylation is 1. The van der Waals surface area contributed by atoms with Crippen LogP contribution in [0.4, 0.5) is 15.3 Å². The lowest BCUT2D eigenvalue weighted by atomic mass is 9.41. The lowest BCUT2D eigenvalue weighted by Crippen LogP contribution is -2.68. The molecular weight excluding hydrogens is 471 g/mol. The number of nitroso groups, excluding NO2 is 1. The Labute approximate surface area is 209 Å². The SMILES string of the molecule is CCCc1ccc(NC2NC(=O)N(C[C@H](C)C(=O)N=O)C(=O)B2Cc2ccc(Cl)cc2)cc1OC. The van der Waals surface area contributed by atoms with Crippen molar-refractivity contribution in [3.8, 4) is 5.75 Å². The fourth-order valence-corrected chi connectivity index (χ4v) is 4.20. The average Bonchev–Trinajstić information content (AvgIpc) is 2.85. The van der Waals surface area contributed by atoms with Crippen LogP contribution in [0.5, 0.6) is 5.75 Å². The van der Waals surface area contributed by atoms with E-state index in [1.54, 1.807) is 19.2 Å². The van der Waals surface area contributed by atoms with Gasteiger partial charge >= 0.3 is 12.7 Å². The number of carbonyl (C=O) groups is 3. The first kappa shape index (κ1) is 26.2. The number of nitrogens with one attached hydrogen (secondary N) is 2. The van der Waals surface area contributed by atoms with Crippen molar-refractivity contribution in [2.45, 2.75) is 39.1 Å². The van der Waals surface area contributed by atoms with Gasteiger partial charge in [-0.25, -0.2) is 4.79 Å². The Morgan fingerprint density at radius 1 is 1.26 bits per heavy atom. The number of carbonyl (C=O) groups excluding carboxylic acids is 3. The fourth-order valence-electron chi connectivity index (χ4n) is 4.08. The summed E-state index contributed by atoms with van der Waals surface area (Å²) in [6.07, 6.45) is 2.14. The molecule has 1 heterocycles. The Hall–Kier alpha value is -3.40. The molecule has 2 aromatic carbocycles. The Morgan fingerprint density at radius 3 is 2.60 bits per heavy atom. The highest BCUT2D eigenvalue weighted by Crippen LogP contribution is 2.26. The van der Waals surface area contributed by atoms with Gasteiger partial charge in [-0.05, 0) is 36.5 Å². The topological polar surface area (TPSA) is 117 Å². The molecule has 2 atom stereocenters. The second-order valence-electron chi connectivity index (χ2n) is 8.56. The third kappa shape index (κ3) is 6.39. The first-order chi connectivity index (χ1) is 16.8. The molecule has 1 fully saturated rings. The van der Waals surface area contributed by atoms with Gasteiger partial charge in [-0.1, -0.05) is 55.6 Å². The second kappa shape index (κ2) is 11.8. The summed E-state index contributed by atoms with van der Waals surface area (Å²) in [5.74, 6) is -1.56. The summed E-state index contributed by atoms with van der Waals surface area (Å²) in [5.41, 5.74) is 2.60. The van der Waals surface area contributed by atoms with Crippen LogP contribution >= 0.6 is 11.6 Å². The number of hydrogen-bond acceptors (Lipinski definition) is 6. The van der Waals surface area contributed by atoms with Crippen molar-refractivity contribution in [3.05, 3.63) is 63.5 Å². The lowest BCUT2D eigenvalue weighted by Gasteiger charge is -2.37. The maximum Gasteiger partial charge on any atom is 0.324 e. The number of amides is 4. The molecule has 2 N–H and O–H groups in total. The van der Waals surface area contributed by atoms with Gasteiger partial charge in [-0.3, -0.25) is 14.5 Å². The molecule has 0 aromatic heterocycles. The van der Waals surface area contributed by atoms with E-state index in [-0.39, 0.29) is 6.54 Å². The van der Waals surface area contributed by atoms with Gasteiger partial charge in [0.25, 0.3) is 5.91 Å². The summed E-state index contributed by atoms with van der Waals surface area (Å²) in [6, 6.07) is 11.4. The van der Waals surface area contributed by atoms with Crippen molar-refractivity contribution >= 4 is 41.7 Å².